The average molecular weight is 390 g/mol. The van der Waals surface area contributed by atoms with Crippen LogP contribution in [0, 0.1) is 6.92 Å². The number of ketones is 1. The molecule has 1 aliphatic rings. The summed E-state index contributed by atoms with van der Waals surface area (Å²) < 4.78 is 1.53. The fourth-order valence-electron chi connectivity index (χ4n) is 3.15. The third-order valence-corrected chi connectivity index (χ3v) is 4.99. The number of hydrogen-bond donors (Lipinski definition) is 3. The van der Waals surface area contributed by atoms with Crippen LogP contribution in [0.1, 0.15) is 50.2 Å². The van der Waals surface area contributed by atoms with Crippen LogP contribution >= 0.6 is 0 Å². The number of rotatable bonds is 6. The average Bonchev–Trinajstić information content (AvgIpc) is 3.46. The summed E-state index contributed by atoms with van der Waals surface area (Å²) in [4.78, 5) is 25.3. The Morgan fingerprint density at radius 3 is 2.72 bits per heavy atom. The number of aliphatic hydroxyl groups is 1. The van der Waals surface area contributed by atoms with E-state index in [2.05, 4.69) is 10.4 Å². The quantitative estimate of drug-likeness (QED) is 0.560. The predicted molar refractivity (Wildman–Crippen MR) is 109 cm³/mol. The van der Waals surface area contributed by atoms with Crippen LogP contribution in [0.5, 0.6) is 0 Å². The fraction of sp³-hybridized carbons (Fsp3) is 0.227. The van der Waals surface area contributed by atoms with Crippen molar-refractivity contribution < 1.29 is 14.7 Å². The second-order valence-electron chi connectivity index (χ2n) is 7.31. The summed E-state index contributed by atoms with van der Waals surface area (Å²) in [5, 5.41) is 16.6. The molecule has 7 nitrogen and oxygen atoms in total. The van der Waals surface area contributed by atoms with Gasteiger partial charge in [0, 0.05) is 23.4 Å². The maximum atomic E-state index is 12.9. The molecule has 1 heterocycles. The van der Waals surface area contributed by atoms with Gasteiger partial charge in [0.25, 0.3) is 5.91 Å². The van der Waals surface area contributed by atoms with E-state index in [1.807, 2.05) is 13.0 Å². The van der Waals surface area contributed by atoms with Gasteiger partial charge in [0.15, 0.2) is 11.6 Å². The van der Waals surface area contributed by atoms with Gasteiger partial charge in [0.2, 0.25) is 0 Å². The smallest absolute Gasteiger partial charge is 0.251 e. The predicted octanol–water partition coefficient (Wildman–Crippen LogP) is 2.38. The normalized spacial score (nSPS) is 13.3. The zero-order chi connectivity index (χ0) is 20.5. The van der Waals surface area contributed by atoms with Gasteiger partial charge < -0.3 is 16.2 Å². The molecule has 1 saturated carbocycles. The second kappa shape index (κ2) is 7.52. The van der Waals surface area contributed by atoms with Crippen molar-refractivity contribution in [3.8, 4) is 5.69 Å². The van der Waals surface area contributed by atoms with Crippen LogP contribution in [0.15, 0.2) is 48.7 Å². The molecule has 4 N–H and O–H groups in total. The molecular formula is C22H22N4O3. The number of carbonyl (C=O) groups excluding carboxylic acids is 2. The van der Waals surface area contributed by atoms with E-state index < -0.39 is 0 Å². The lowest BCUT2D eigenvalue weighted by Crippen LogP contribution is -2.25. The molecule has 0 atom stereocenters. The minimum absolute atomic E-state index is 0.108. The maximum Gasteiger partial charge on any atom is 0.251 e. The van der Waals surface area contributed by atoms with Crippen LogP contribution in [0.4, 0.5) is 5.82 Å². The number of aryl methyl sites for hydroxylation is 1. The molecule has 0 bridgehead atoms. The molecule has 0 radical (unpaired) electrons. The molecule has 1 aromatic heterocycles. The zero-order valence-corrected chi connectivity index (χ0v) is 16.1. The van der Waals surface area contributed by atoms with Crippen LogP contribution < -0.4 is 11.1 Å². The number of benzene rings is 2. The number of amides is 1. The van der Waals surface area contributed by atoms with Crippen LogP contribution in [0.3, 0.4) is 0 Å². The molecule has 0 spiro atoms. The summed E-state index contributed by atoms with van der Waals surface area (Å²) in [7, 11) is 0. The highest BCUT2D eigenvalue weighted by Gasteiger charge is 2.24. The van der Waals surface area contributed by atoms with Crippen molar-refractivity contribution in [2.75, 3.05) is 5.73 Å². The van der Waals surface area contributed by atoms with Crippen LogP contribution in [0.2, 0.25) is 0 Å². The molecule has 2 aromatic carbocycles. The van der Waals surface area contributed by atoms with Crippen LogP contribution in [-0.4, -0.2) is 32.6 Å². The fourth-order valence-corrected chi connectivity index (χ4v) is 3.15. The number of carbonyl (C=O) groups is 2. The molecular weight excluding hydrogens is 368 g/mol. The van der Waals surface area contributed by atoms with Crippen molar-refractivity contribution in [1.82, 2.24) is 15.1 Å². The first-order chi connectivity index (χ1) is 14.0. The van der Waals surface area contributed by atoms with Crippen molar-refractivity contribution in [3.63, 3.8) is 0 Å². The highest BCUT2D eigenvalue weighted by atomic mass is 16.3. The van der Waals surface area contributed by atoms with E-state index in [9.17, 15) is 14.7 Å². The molecule has 7 heteroatoms. The van der Waals surface area contributed by atoms with Gasteiger partial charge in [-0.25, -0.2) is 4.68 Å². The number of aromatic nitrogens is 2. The third kappa shape index (κ3) is 3.90. The van der Waals surface area contributed by atoms with E-state index in [-0.39, 0.29) is 35.7 Å². The van der Waals surface area contributed by atoms with Crippen LogP contribution in [0.25, 0.3) is 5.69 Å². The molecule has 0 unspecified atom stereocenters. The number of anilines is 1. The number of nitrogens with zero attached hydrogens (tertiary/aromatic N) is 2. The summed E-state index contributed by atoms with van der Waals surface area (Å²) in [6.07, 6.45) is 3.61. The van der Waals surface area contributed by atoms with Gasteiger partial charge in [0.05, 0.1) is 17.9 Å². The number of nitrogens with one attached hydrogen (secondary N) is 1. The molecule has 0 aliphatic heterocycles. The topological polar surface area (TPSA) is 110 Å². The SMILES string of the molecule is Cc1ccc(C(=O)NC2CC2)cc1-n1cc(C(=O)c2cccc(CO)c2)c(N)n1. The monoisotopic (exact) mass is 390 g/mol. The van der Waals surface area contributed by atoms with Crippen molar-refractivity contribution in [3.05, 3.63) is 76.5 Å². The van der Waals surface area contributed by atoms with Gasteiger partial charge >= 0.3 is 0 Å². The lowest BCUT2D eigenvalue weighted by molar-refractivity contribution is 0.0950. The number of nitrogens with two attached hydrogens (primary N) is 1. The van der Waals surface area contributed by atoms with Gasteiger partial charge in [-0.15, -0.1) is 5.10 Å². The van der Waals surface area contributed by atoms with Crippen molar-refractivity contribution in [2.45, 2.75) is 32.4 Å². The van der Waals surface area contributed by atoms with Gasteiger partial charge in [-0.1, -0.05) is 24.3 Å². The molecule has 0 saturated heterocycles. The summed E-state index contributed by atoms with van der Waals surface area (Å²) >= 11 is 0. The van der Waals surface area contributed by atoms with E-state index in [1.165, 1.54) is 4.68 Å². The number of aliphatic hydroxyl groups excluding tert-OH is 1. The van der Waals surface area contributed by atoms with Crippen molar-refractivity contribution >= 4 is 17.5 Å². The Bertz CT molecular complexity index is 1100. The Morgan fingerprint density at radius 1 is 1.21 bits per heavy atom. The van der Waals surface area contributed by atoms with Crippen molar-refractivity contribution in [1.29, 1.82) is 0 Å². The Morgan fingerprint density at radius 2 is 2.00 bits per heavy atom. The van der Waals surface area contributed by atoms with Crippen LogP contribution in [-0.2, 0) is 6.61 Å². The first-order valence-electron chi connectivity index (χ1n) is 9.48. The molecule has 3 aromatic rings. The van der Waals surface area contributed by atoms with E-state index in [0.717, 1.165) is 18.4 Å². The van der Waals surface area contributed by atoms with Gasteiger partial charge in [-0.2, -0.15) is 0 Å². The summed E-state index contributed by atoms with van der Waals surface area (Å²) in [6.45, 7) is 1.76. The first-order valence-corrected chi connectivity index (χ1v) is 9.48. The second-order valence-corrected chi connectivity index (χ2v) is 7.31. The Kier molecular flexibility index (Phi) is 4.90. The highest BCUT2D eigenvalue weighted by molar-refractivity contribution is 6.11. The first kappa shape index (κ1) is 18.9. The molecule has 29 heavy (non-hydrogen) atoms. The molecule has 1 aliphatic carbocycles. The highest BCUT2D eigenvalue weighted by Crippen LogP contribution is 2.23. The van der Waals surface area contributed by atoms with E-state index in [4.69, 9.17) is 5.73 Å². The van der Waals surface area contributed by atoms with E-state index in [0.29, 0.717) is 22.4 Å². The maximum absolute atomic E-state index is 12.9. The zero-order valence-electron chi connectivity index (χ0n) is 16.1. The molecule has 148 valence electrons. The summed E-state index contributed by atoms with van der Waals surface area (Å²) in [5.41, 5.74) is 9.49. The largest absolute Gasteiger partial charge is 0.392 e. The molecule has 4 rings (SSSR count). The standard InChI is InChI=1S/C22H22N4O3/c1-13-5-6-16(22(29)24-17-7-8-17)10-19(13)26-11-18(21(23)25-26)20(28)15-4-2-3-14(9-15)12-27/h2-6,9-11,17,27H,7-8,12H2,1H3,(H2,23,25)(H,24,29). The lowest BCUT2D eigenvalue weighted by atomic mass is 10.0. The third-order valence-electron chi connectivity index (χ3n) is 4.99. The van der Waals surface area contributed by atoms with E-state index >= 15 is 0 Å². The Labute approximate surface area is 168 Å². The van der Waals surface area contributed by atoms with Gasteiger partial charge in [-0.3, -0.25) is 9.59 Å². The van der Waals surface area contributed by atoms with E-state index in [1.54, 1.807) is 42.6 Å². The number of hydrogen-bond acceptors (Lipinski definition) is 5. The van der Waals surface area contributed by atoms with Crippen molar-refractivity contribution in [2.24, 2.45) is 0 Å². The van der Waals surface area contributed by atoms with Gasteiger partial charge in [0.1, 0.15) is 0 Å². The Balaban J connectivity index is 1.66. The Hall–Kier alpha value is -3.45. The molecule has 1 fully saturated rings. The lowest BCUT2D eigenvalue weighted by Gasteiger charge is -2.09. The summed E-state index contributed by atoms with van der Waals surface area (Å²) in [6, 6.07) is 12.4. The van der Waals surface area contributed by atoms with Gasteiger partial charge in [-0.05, 0) is 49.1 Å². The molecule has 1 amide bonds. The number of nitrogen functional groups attached to an aromatic ring is 1. The summed E-state index contributed by atoms with van der Waals surface area (Å²) in [5.74, 6) is -0.285. The minimum Gasteiger partial charge on any atom is -0.392 e. The minimum atomic E-state index is -0.274.